The van der Waals surface area contributed by atoms with Crippen LogP contribution in [-0.2, 0) is 10.2 Å². The minimum atomic E-state index is -0.0607. The van der Waals surface area contributed by atoms with Gasteiger partial charge in [-0.25, -0.2) is 0 Å². The molecule has 0 radical (unpaired) electrons. The first kappa shape index (κ1) is 25.8. The van der Waals surface area contributed by atoms with Gasteiger partial charge in [0.05, 0.1) is 15.6 Å². The number of carbonyl (C=O) groups is 1. The van der Waals surface area contributed by atoms with E-state index in [1.165, 1.54) is 17.3 Å². The Morgan fingerprint density at radius 3 is 2.36 bits per heavy atom. The highest BCUT2D eigenvalue weighted by Crippen LogP contribution is 2.37. The summed E-state index contributed by atoms with van der Waals surface area (Å²) >= 11 is 8.82. The van der Waals surface area contributed by atoms with Crippen LogP contribution in [0.4, 0.5) is 0 Å². The molecule has 1 aliphatic heterocycles. The minimum absolute atomic E-state index is 0.0607. The van der Waals surface area contributed by atoms with Crippen LogP contribution in [0, 0.1) is 3.57 Å². The van der Waals surface area contributed by atoms with Crippen LogP contribution >= 0.6 is 46.6 Å². The Balaban J connectivity index is 1.64. The Labute approximate surface area is 219 Å². The molecule has 2 aromatic rings. The first-order chi connectivity index (χ1) is 15.6. The summed E-state index contributed by atoms with van der Waals surface area (Å²) in [6.45, 7) is 9.83. The molecule has 0 N–H and O–H groups in total. The number of nitrogens with zero attached hydrogens (tertiary/aromatic N) is 1. The Kier molecular flexibility index (Phi) is 8.69. The molecular weight excluding hydrogens is 569 g/mol. The van der Waals surface area contributed by atoms with Gasteiger partial charge in [-0.2, -0.15) is 0 Å². The third-order valence-electron chi connectivity index (χ3n) is 5.06. The van der Waals surface area contributed by atoms with Gasteiger partial charge in [0.25, 0.3) is 5.91 Å². The van der Waals surface area contributed by atoms with Crippen molar-refractivity contribution in [2.75, 3.05) is 26.9 Å². The Morgan fingerprint density at radius 1 is 1.12 bits per heavy atom. The van der Waals surface area contributed by atoms with Gasteiger partial charge in [-0.05, 0) is 76.4 Å². The molecule has 0 aliphatic carbocycles. The molecule has 0 atom stereocenters. The molecule has 1 fully saturated rings. The number of amides is 1. The smallest absolute Gasteiger partial charge is 0.266 e. The fourth-order valence-electron chi connectivity index (χ4n) is 3.24. The van der Waals surface area contributed by atoms with E-state index in [1.807, 2.05) is 37.3 Å². The predicted molar refractivity (Wildman–Crippen MR) is 147 cm³/mol. The Morgan fingerprint density at radius 2 is 1.79 bits per heavy atom. The van der Waals surface area contributed by atoms with Crippen molar-refractivity contribution in [3.8, 4) is 17.2 Å². The molecule has 3 rings (SSSR count). The minimum Gasteiger partial charge on any atom is -0.493 e. The summed E-state index contributed by atoms with van der Waals surface area (Å²) in [5.74, 6) is 2.01. The third kappa shape index (κ3) is 6.42. The number of halogens is 1. The lowest BCUT2D eigenvalue weighted by Crippen LogP contribution is -2.27. The summed E-state index contributed by atoms with van der Waals surface area (Å²) in [6, 6.07) is 12.0. The molecule has 1 amide bonds. The molecule has 0 aromatic heterocycles. The van der Waals surface area contributed by atoms with Gasteiger partial charge in [0.15, 0.2) is 11.5 Å². The van der Waals surface area contributed by atoms with E-state index in [9.17, 15) is 4.79 Å². The molecule has 0 unspecified atom stereocenters. The second kappa shape index (κ2) is 11.1. The van der Waals surface area contributed by atoms with Crippen molar-refractivity contribution in [2.24, 2.45) is 0 Å². The standard InChI is InChI=1S/C25H28INO4S2/c1-6-27-23(28)21(33-24(27)32)15-16-13-19(26)22(20(14-16)29-5)31-12-11-30-18-9-7-17(8-10-18)25(2,3)4/h7-10,13-15H,6,11-12H2,1-5H3. The fourth-order valence-corrected chi connectivity index (χ4v) is 5.41. The van der Waals surface area contributed by atoms with Gasteiger partial charge in [-0.3, -0.25) is 9.69 Å². The third-order valence-corrected chi connectivity index (χ3v) is 7.24. The number of hydrogen-bond acceptors (Lipinski definition) is 6. The molecule has 0 bridgehead atoms. The lowest BCUT2D eigenvalue weighted by molar-refractivity contribution is -0.121. The maximum atomic E-state index is 12.5. The first-order valence-electron chi connectivity index (χ1n) is 10.6. The summed E-state index contributed by atoms with van der Waals surface area (Å²) in [6.07, 6.45) is 1.84. The molecule has 0 spiro atoms. The number of hydrogen-bond donors (Lipinski definition) is 0. The van der Waals surface area contributed by atoms with Gasteiger partial charge >= 0.3 is 0 Å². The monoisotopic (exact) mass is 597 g/mol. The van der Waals surface area contributed by atoms with E-state index in [1.54, 1.807) is 12.0 Å². The number of benzene rings is 2. The van der Waals surface area contributed by atoms with Gasteiger partial charge in [-0.1, -0.05) is 56.9 Å². The van der Waals surface area contributed by atoms with Gasteiger partial charge in [0.1, 0.15) is 23.3 Å². The van der Waals surface area contributed by atoms with E-state index in [4.69, 9.17) is 26.4 Å². The number of carbonyl (C=O) groups excluding carboxylic acids is 1. The highest BCUT2D eigenvalue weighted by molar-refractivity contribution is 14.1. The van der Waals surface area contributed by atoms with E-state index in [2.05, 4.69) is 55.5 Å². The Hall–Kier alpha value is -1.78. The van der Waals surface area contributed by atoms with Crippen molar-refractivity contribution in [2.45, 2.75) is 33.1 Å². The number of thioether (sulfide) groups is 1. The van der Waals surface area contributed by atoms with Crippen LogP contribution in [0.1, 0.15) is 38.8 Å². The molecule has 8 heteroatoms. The molecule has 0 saturated carbocycles. The van der Waals surface area contributed by atoms with Crippen molar-refractivity contribution in [3.63, 3.8) is 0 Å². The molecule has 176 valence electrons. The van der Waals surface area contributed by atoms with Crippen molar-refractivity contribution in [1.29, 1.82) is 0 Å². The second-order valence-electron chi connectivity index (χ2n) is 8.43. The lowest BCUT2D eigenvalue weighted by atomic mass is 9.87. The van der Waals surface area contributed by atoms with Crippen LogP contribution in [0.15, 0.2) is 41.3 Å². The highest BCUT2D eigenvalue weighted by Gasteiger charge is 2.30. The number of rotatable bonds is 8. The van der Waals surface area contributed by atoms with Crippen molar-refractivity contribution >= 4 is 62.9 Å². The summed E-state index contributed by atoms with van der Waals surface area (Å²) < 4.78 is 18.8. The van der Waals surface area contributed by atoms with Gasteiger partial charge < -0.3 is 14.2 Å². The number of methoxy groups -OCH3 is 1. The zero-order valence-corrected chi connectivity index (χ0v) is 23.2. The SMILES string of the molecule is CCN1C(=O)C(=Cc2cc(I)c(OCCOc3ccc(C(C)(C)C)cc3)c(OC)c2)SC1=S. The molecule has 5 nitrogen and oxygen atoms in total. The van der Waals surface area contributed by atoms with E-state index in [-0.39, 0.29) is 11.3 Å². The highest BCUT2D eigenvalue weighted by atomic mass is 127. The van der Waals surface area contributed by atoms with E-state index in [0.717, 1.165) is 14.9 Å². The largest absolute Gasteiger partial charge is 0.493 e. The molecule has 33 heavy (non-hydrogen) atoms. The van der Waals surface area contributed by atoms with Gasteiger partial charge in [0, 0.05) is 6.54 Å². The number of thiocarbonyl (C=S) groups is 1. The van der Waals surface area contributed by atoms with Crippen LogP contribution in [0.25, 0.3) is 6.08 Å². The van der Waals surface area contributed by atoms with Crippen LogP contribution in [-0.4, -0.2) is 42.0 Å². The second-order valence-corrected chi connectivity index (χ2v) is 11.3. The predicted octanol–water partition coefficient (Wildman–Crippen LogP) is 6.28. The zero-order chi connectivity index (χ0) is 24.2. The van der Waals surface area contributed by atoms with Crippen molar-refractivity contribution in [1.82, 2.24) is 4.90 Å². The van der Waals surface area contributed by atoms with Crippen LogP contribution in [0.3, 0.4) is 0 Å². The lowest BCUT2D eigenvalue weighted by Gasteiger charge is -2.19. The fraction of sp³-hybridized carbons (Fsp3) is 0.360. The van der Waals surface area contributed by atoms with Crippen LogP contribution < -0.4 is 14.2 Å². The van der Waals surface area contributed by atoms with Crippen molar-refractivity contribution < 1.29 is 19.0 Å². The molecule has 1 heterocycles. The maximum Gasteiger partial charge on any atom is 0.266 e. The average molecular weight is 598 g/mol. The van der Waals surface area contributed by atoms with Gasteiger partial charge in [-0.15, -0.1) is 0 Å². The van der Waals surface area contributed by atoms with E-state index < -0.39 is 0 Å². The molecule has 2 aromatic carbocycles. The summed E-state index contributed by atoms with van der Waals surface area (Å²) in [5, 5.41) is 0. The average Bonchev–Trinajstić information content (AvgIpc) is 3.03. The summed E-state index contributed by atoms with van der Waals surface area (Å²) in [5.41, 5.74) is 2.24. The van der Waals surface area contributed by atoms with E-state index in [0.29, 0.717) is 40.5 Å². The normalized spacial score (nSPS) is 15.3. The summed E-state index contributed by atoms with van der Waals surface area (Å²) in [4.78, 5) is 14.7. The molecular formula is C25H28INO4S2. The van der Waals surface area contributed by atoms with Crippen molar-refractivity contribution in [3.05, 3.63) is 56.0 Å². The first-order valence-corrected chi connectivity index (χ1v) is 12.9. The van der Waals surface area contributed by atoms with Crippen LogP contribution in [0.2, 0.25) is 0 Å². The number of ether oxygens (including phenoxy) is 3. The van der Waals surface area contributed by atoms with Crippen LogP contribution in [0.5, 0.6) is 17.2 Å². The quantitative estimate of drug-likeness (QED) is 0.155. The number of likely N-dealkylation sites (N-methyl/N-ethyl adjacent to an activating group) is 1. The molecule has 1 saturated heterocycles. The maximum absolute atomic E-state index is 12.5. The summed E-state index contributed by atoms with van der Waals surface area (Å²) in [7, 11) is 1.60. The topological polar surface area (TPSA) is 48.0 Å². The zero-order valence-electron chi connectivity index (χ0n) is 19.4. The Bertz CT molecular complexity index is 1060. The molecule has 1 aliphatic rings. The van der Waals surface area contributed by atoms with E-state index >= 15 is 0 Å². The van der Waals surface area contributed by atoms with Gasteiger partial charge in [0.2, 0.25) is 0 Å².